The Morgan fingerprint density at radius 3 is 1.59 bits per heavy atom. The summed E-state index contributed by atoms with van der Waals surface area (Å²) in [6, 6.07) is 15.4. The first-order chi connectivity index (χ1) is 22.5. The van der Waals surface area contributed by atoms with Gasteiger partial charge in [0.15, 0.2) is 9.84 Å². The van der Waals surface area contributed by atoms with Gasteiger partial charge in [-0.2, -0.15) is 0 Å². The highest BCUT2D eigenvalue weighted by Crippen LogP contribution is 2.30. The number of nitrogens with zero attached hydrogens (tertiary/aromatic N) is 2. The lowest BCUT2D eigenvalue weighted by atomic mass is 10.1. The summed E-state index contributed by atoms with van der Waals surface area (Å²) in [5, 5.41) is 39.1. The highest BCUT2D eigenvalue weighted by atomic mass is 79.9. The number of halogens is 3. The van der Waals surface area contributed by atoms with Gasteiger partial charge >= 0.3 is 11.9 Å². The largest absolute Gasteiger partial charge is 0.478 e. The fourth-order valence-electron chi connectivity index (χ4n) is 3.72. The minimum absolute atomic E-state index is 0. The first-order valence-corrected chi connectivity index (χ1v) is 18.6. The van der Waals surface area contributed by atoms with E-state index >= 15 is 0 Å². The molecule has 0 aliphatic rings. The first-order valence-electron chi connectivity index (χ1n) is 13.0. The van der Waals surface area contributed by atoms with Gasteiger partial charge in [0, 0.05) is 37.3 Å². The Morgan fingerprint density at radius 1 is 0.745 bits per heavy atom. The number of aromatic carboxylic acids is 2. The number of hydrogen-bond acceptors (Lipinski definition) is 11. The Bertz CT molecular complexity index is 2180. The second-order valence-electron chi connectivity index (χ2n) is 9.77. The van der Waals surface area contributed by atoms with E-state index in [4.69, 9.17) is 26.6 Å². The van der Waals surface area contributed by atoms with Crippen molar-refractivity contribution in [3.05, 3.63) is 130 Å². The summed E-state index contributed by atoms with van der Waals surface area (Å²) < 4.78 is 47.9. The number of aryl methyl sites for hydroxylation is 2. The predicted octanol–water partition coefficient (Wildman–Crippen LogP) is 8.17. The zero-order valence-electron chi connectivity index (χ0n) is 25.0. The van der Waals surface area contributed by atoms with Crippen LogP contribution in [-0.4, -0.2) is 48.8 Å². The number of sulfone groups is 1. The van der Waals surface area contributed by atoms with E-state index in [0.717, 1.165) is 22.2 Å². The molecule has 20 heteroatoms. The number of carboxylic acids is 2. The molecule has 0 amide bonds. The number of carboxylic acid groups (broad SMARTS) is 2. The van der Waals surface area contributed by atoms with Crippen molar-refractivity contribution in [3.8, 4) is 0 Å². The van der Waals surface area contributed by atoms with Crippen molar-refractivity contribution in [3.63, 3.8) is 0 Å². The minimum Gasteiger partial charge on any atom is -0.478 e. The lowest BCUT2D eigenvalue weighted by Crippen LogP contribution is -2.09. The van der Waals surface area contributed by atoms with E-state index in [1.165, 1.54) is 60.7 Å². The Morgan fingerprint density at radius 2 is 1.16 bits per heavy atom. The smallest absolute Gasteiger partial charge is 0.335 e. The van der Waals surface area contributed by atoms with Crippen LogP contribution in [0.1, 0.15) is 52.3 Å². The molecule has 0 aromatic heterocycles. The second kappa shape index (κ2) is 19.3. The second-order valence-corrected chi connectivity index (χ2v) is 16.0. The van der Waals surface area contributed by atoms with Crippen molar-refractivity contribution in [1.29, 1.82) is 0 Å². The quantitative estimate of drug-likeness (QED) is 0.0653. The molecule has 0 saturated carbocycles. The number of rotatable bonds is 8. The van der Waals surface area contributed by atoms with Gasteiger partial charge in [-0.05, 0) is 73.5 Å². The van der Waals surface area contributed by atoms with Crippen LogP contribution in [0, 0.1) is 34.1 Å². The van der Waals surface area contributed by atoms with E-state index in [1.807, 2.05) is 0 Å². The molecule has 4 N–H and O–H groups in total. The summed E-state index contributed by atoms with van der Waals surface area (Å²) in [5.41, 5.74) is 6.41. The van der Waals surface area contributed by atoms with Gasteiger partial charge in [-0.25, -0.2) is 26.4 Å². The van der Waals surface area contributed by atoms with Crippen LogP contribution >= 0.6 is 42.5 Å². The van der Waals surface area contributed by atoms with E-state index in [1.54, 1.807) is 13.8 Å². The summed E-state index contributed by atoms with van der Waals surface area (Å²) >= 11 is 6.46. The SMILES string of the molecule is C.C.Cc1cc([N+](=O)[O-])c(CS(=O)(=O)c2cccc(C(=O)O)c2)cc1Br.Cc1cc([N+](=O)[O-])c(N)cc1Br.O=C(O)c1cccc(S(=O)(=O)Cl)c1. The van der Waals surface area contributed by atoms with Crippen molar-refractivity contribution in [2.24, 2.45) is 0 Å². The number of hydrogen-bond donors (Lipinski definition) is 3. The third kappa shape index (κ3) is 13.3. The number of nitrogens with two attached hydrogens (primary N) is 1. The zero-order valence-corrected chi connectivity index (χ0v) is 30.6. The van der Waals surface area contributed by atoms with E-state index in [9.17, 15) is 46.7 Å². The molecule has 4 aromatic carbocycles. The van der Waals surface area contributed by atoms with Crippen LogP contribution in [-0.2, 0) is 24.6 Å². The fraction of sp³-hybridized carbons (Fsp3) is 0.161. The number of benzene rings is 4. The highest BCUT2D eigenvalue weighted by molar-refractivity contribution is 9.10. The molecule has 0 spiro atoms. The van der Waals surface area contributed by atoms with Crippen LogP contribution in [0.15, 0.2) is 91.5 Å². The third-order valence-corrected chi connectivity index (χ3v) is 10.9. The molecule has 4 rings (SSSR count). The molecule has 0 unspecified atom stereocenters. The average Bonchev–Trinajstić information content (AvgIpc) is 3.00. The molecular weight excluding hydrogens is 866 g/mol. The molecule has 0 heterocycles. The number of anilines is 1. The molecule has 0 fully saturated rings. The Kier molecular flexibility index (Phi) is 17.6. The molecule has 0 aliphatic heterocycles. The van der Waals surface area contributed by atoms with Gasteiger partial charge in [-0.3, -0.25) is 20.2 Å². The van der Waals surface area contributed by atoms with E-state index in [2.05, 4.69) is 31.9 Å². The Hall–Kier alpha value is -4.43. The van der Waals surface area contributed by atoms with Gasteiger partial charge in [0.05, 0.1) is 36.5 Å². The molecule has 51 heavy (non-hydrogen) atoms. The molecule has 0 saturated heterocycles. The lowest BCUT2D eigenvalue weighted by molar-refractivity contribution is -0.385. The maximum Gasteiger partial charge on any atom is 0.335 e. The third-order valence-electron chi connectivity index (χ3n) is 6.21. The van der Waals surface area contributed by atoms with Gasteiger partial charge in [-0.1, -0.05) is 58.8 Å². The number of carbonyl (C=O) groups is 2. The average molecular weight is 898 g/mol. The van der Waals surface area contributed by atoms with E-state index < -0.39 is 46.4 Å². The first kappa shape index (κ1) is 46.6. The molecule has 0 aliphatic carbocycles. The molecule has 0 radical (unpaired) electrons. The van der Waals surface area contributed by atoms with Crippen LogP contribution in [0.25, 0.3) is 0 Å². The highest BCUT2D eigenvalue weighted by Gasteiger charge is 2.24. The van der Waals surface area contributed by atoms with Gasteiger partial charge in [0.2, 0.25) is 0 Å². The van der Waals surface area contributed by atoms with Crippen molar-refractivity contribution in [1.82, 2.24) is 0 Å². The topological polar surface area (TPSA) is 255 Å². The molecule has 0 atom stereocenters. The Labute approximate surface area is 315 Å². The summed E-state index contributed by atoms with van der Waals surface area (Å²) in [6.45, 7) is 3.43. The standard InChI is InChI=1S/C15H12BrNO6S.C7H7BrN2O2.C7H5ClO4S.2CH4/c1-9-5-14(17(20)21)11(7-13(9)16)8-24(22,23)12-4-2-3-10(6-12)15(18)19;1-4-2-7(10(11)12)6(9)3-5(4)8;8-13(11,12)6-3-1-2-5(4-6)7(9)10;;/h2-7H,8H2,1H3,(H,18,19);2-3H,9H2,1H3;1-4H,(H,9,10);2*1H4. The maximum atomic E-state index is 12.5. The maximum absolute atomic E-state index is 12.5. The molecule has 0 bridgehead atoms. The predicted molar refractivity (Wildman–Crippen MR) is 200 cm³/mol. The monoisotopic (exact) mass is 895 g/mol. The number of nitro groups is 2. The summed E-state index contributed by atoms with van der Waals surface area (Å²) in [6.07, 6.45) is 0. The molecule has 15 nitrogen and oxygen atoms in total. The zero-order chi connectivity index (χ0) is 37.4. The molecular formula is C31H32Br2ClN3O12S2. The van der Waals surface area contributed by atoms with Gasteiger partial charge in [-0.15, -0.1) is 0 Å². The lowest BCUT2D eigenvalue weighted by Gasteiger charge is -2.08. The van der Waals surface area contributed by atoms with E-state index in [-0.39, 0.29) is 58.4 Å². The normalized spacial score (nSPS) is 10.5. The number of nitro benzene ring substituents is 2. The number of nitrogen functional groups attached to an aromatic ring is 1. The summed E-state index contributed by atoms with van der Waals surface area (Å²) in [4.78, 5) is 41.4. The fourth-order valence-corrected chi connectivity index (χ4v) is 6.67. The minimum atomic E-state index is -3.94. The van der Waals surface area contributed by atoms with Crippen LogP contribution < -0.4 is 5.73 Å². The van der Waals surface area contributed by atoms with Crippen LogP contribution in [0.4, 0.5) is 17.1 Å². The van der Waals surface area contributed by atoms with E-state index in [0.29, 0.717) is 10.0 Å². The van der Waals surface area contributed by atoms with Crippen molar-refractivity contribution in [2.45, 2.75) is 44.2 Å². The van der Waals surface area contributed by atoms with Crippen LogP contribution in [0.2, 0.25) is 0 Å². The summed E-state index contributed by atoms with van der Waals surface area (Å²) in [5.74, 6) is -3.05. The molecule has 4 aromatic rings. The Balaban J connectivity index is 0.000000788. The van der Waals surface area contributed by atoms with Crippen LogP contribution in [0.3, 0.4) is 0 Å². The van der Waals surface area contributed by atoms with Gasteiger partial charge < -0.3 is 15.9 Å². The van der Waals surface area contributed by atoms with Gasteiger partial charge in [0.1, 0.15) is 5.69 Å². The van der Waals surface area contributed by atoms with Crippen LogP contribution in [0.5, 0.6) is 0 Å². The van der Waals surface area contributed by atoms with Gasteiger partial charge in [0.25, 0.3) is 20.4 Å². The van der Waals surface area contributed by atoms with Crippen molar-refractivity contribution in [2.75, 3.05) is 5.73 Å². The molecule has 276 valence electrons. The summed E-state index contributed by atoms with van der Waals surface area (Å²) in [7, 11) is -2.78. The van der Waals surface area contributed by atoms with Crippen molar-refractivity contribution >= 4 is 90.4 Å². The van der Waals surface area contributed by atoms with Crippen molar-refractivity contribution < 1.29 is 46.5 Å².